The van der Waals surface area contributed by atoms with Crippen molar-refractivity contribution in [3.05, 3.63) is 18.3 Å². The molecule has 1 heterocycles. The first kappa shape index (κ1) is 16.2. The highest BCUT2D eigenvalue weighted by atomic mass is 32.2. The third-order valence-corrected chi connectivity index (χ3v) is 5.58. The molecule has 118 valence electrons. The Morgan fingerprint density at radius 3 is 2.62 bits per heavy atom. The Labute approximate surface area is 127 Å². The SMILES string of the molecule is CCNc1cc(S(=O)(=O)NC2CCC(C)(C)CC2)ccn1. The molecule has 1 saturated carbocycles. The van der Waals surface area contributed by atoms with Gasteiger partial charge in [0.1, 0.15) is 5.82 Å². The van der Waals surface area contributed by atoms with Crippen LogP contribution in [0, 0.1) is 5.41 Å². The van der Waals surface area contributed by atoms with Crippen LogP contribution in [-0.2, 0) is 10.0 Å². The van der Waals surface area contributed by atoms with Crippen molar-refractivity contribution in [2.45, 2.75) is 57.4 Å². The van der Waals surface area contributed by atoms with Crippen LogP contribution in [0.1, 0.15) is 46.5 Å². The molecule has 2 rings (SSSR count). The maximum absolute atomic E-state index is 12.5. The molecule has 0 amide bonds. The summed E-state index contributed by atoms with van der Waals surface area (Å²) < 4.78 is 27.7. The summed E-state index contributed by atoms with van der Waals surface area (Å²) in [4.78, 5) is 4.38. The summed E-state index contributed by atoms with van der Waals surface area (Å²) in [6.07, 6.45) is 5.43. The molecule has 0 aromatic carbocycles. The Bertz CT molecular complexity index is 574. The van der Waals surface area contributed by atoms with E-state index >= 15 is 0 Å². The van der Waals surface area contributed by atoms with E-state index in [9.17, 15) is 8.42 Å². The molecule has 0 saturated heterocycles. The summed E-state index contributed by atoms with van der Waals surface area (Å²) in [5.74, 6) is 0.588. The van der Waals surface area contributed by atoms with E-state index in [0.29, 0.717) is 17.8 Å². The Balaban J connectivity index is 2.07. The molecule has 1 aliphatic carbocycles. The number of rotatable bonds is 5. The van der Waals surface area contributed by atoms with Crippen LogP contribution in [0.25, 0.3) is 0 Å². The van der Waals surface area contributed by atoms with Crippen LogP contribution < -0.4 is 10.0 Å². The maximum Gasteiger partial charge on any atom is 0.241 e. The van der Waals surface area contributed by atoms with Gasteiger partial charge in [0.05, 0.1) is 4.90 Å². The first-order valence-corrected chi connectivity index (χ1v) is 9.03. The van der Waals surface area contributed by atoms with E-state index in [1.54, 1.807) is 6.07 Å². The fourth-order valence-electron chi connectivity index (χ4n) is 2.66. The summed E-state index contributed by atoms with van der Waals surface area (Å²) in [6, 6.07) is 3.16. The lowest BCUT2D eigenvalue weighted by atomic mass is 9.76. The minimum Gasteiger partial charge on any atom is -0.370 e. The molecule has 0 radical (unpaired) electrons. The zero-order chi connectivity index (χ0) is 15.5. The van der Waals surface area contributed by atoms with Crippen molar-refractivity contribution in [1.29, 1.82) is 0 Å². The molecule has 0 bridgehead atoms. The molecule has 0 atom stereocenters. The number of nitrogens with zero attached hydrogens (tertiary/aromatic N) is 1. The number of hydrogen-bond donors (Lipinski definition) is 2. The second kappa shape index (κ2) is 6.32. The molecule has 5 nitrogen and oxygen atoms in total. The maximum atomic E-state index is 12.5. The van der Waals surface area contributed by atoms with E-state index in [2.05, 4.69) is 28.9 Å². The van der Waals surface area contributed by atoms with Gasteiger partial charge in [-0.1, -0.05) is 13.8 Å². The third kappa shape index (κ3) is 4.41. The molecule has 21 heavy (non-hydrogen) atoms. The molecule has 1 aromatic heterocycles. The van der Waals surface area contributed by atoms with Gasteiger partial charge >= 0.3 is 0 Å². The van der Waals surface area contributed by atoms with Gasteiger partial charge in [0.15, 0.2) is 0 Å². The molecular weight excluding hydrogens is 286 g/mol. The van der Waals surface area contributed by atoms with Crippen molar-refractivity contribution in [3.8, 4) is 0 Å². The summed E-state index contributed by atoms with van der Waals surface area (Å²) in [5.41, 5.74) is 0.330. The largest absolute Gasteiger partial charge is 0.370 e. The Morgan fingerprint density at radius 1 is 1.33 bits per heavy atom. The van der Waals surface area contributed by atoms with Gasteiger partial charge in [-0.3, -0.25) is 0 Å². The first-order valence-electron chi connectivity index (χ1n) is 7.55. The predicted octanol–water partition coefficient (Wildman–Crippen LogP) is 2.76. The zero-order valence-electron chi connectivity index (χ0n) is 13.0. The monoisotopic (exact) mass is 311 g/mol. The number of nitrogens with one attached hydrogen (secondary N) is 2. The summed E-state index contributed by atoms with van der Waals surface area (Å²) in [5, 5.41) is 3.03. The highest BCUT2D eigenvalue weighted by Crippen LogP contribution is 2.35. The molecule has 0 aliphatic heterocycles. The topological polar surface area (TPSA) is 71.1 Å². The summed E-state index contributed by atoms with van der Waals surface area (Å²) in [7, 11) is -3.47. The van der Waals surface area contributed by atoms with E-state index in [0.717, 1.165) is 25.7 Å². The number of anilines is 1. The van der Waals surface area contributed by atoms with Crippen LogP contribution in [0.4, 0.5) is 5.82 Å². The van der Waals surface area contributed by atoms with Crippen molar-refractivity contribution in [2.24, 2.45) is 5.41 Å². The third-order valence-electron chi connectivity index (χ3n) is 4.06. The van der Waals surface area contributed by atoms with Crippen LogP contribution in [0.2, 0.25) is 0 Å². The van der Waals surface area contributed by atoms with Crippen LogP contribution in [-0.4, -0.2) is 26.0 Å². The van der Waals surface area contributed by atoms with E-state index in [1.165, 1.54) is 12.3 Å². The molecular formula is C15H25N3O2S. The van der Waals surface area contributed by atoms with E-state index in [1.807, 2.05) is 6.92 Å². The molecule has 2 N–H and O–H groups in total. The smallest absolute Gasteiger partial charge is 0.241 e. The fourth-order valence-corrected chi connectivity index (χ4v) is 3.98. The molecule has 0 spiro atoms. The van der Waals surface area contributed by atoms with Gasteiger partial charge in [-0.2, -0.15) is 0 Å². The standard InChI is InChI=1S/C15H25N3O2S/c1-4-16-14-11-13(7-10-17-14)21(19,20)18-12-5-8-15(2,3)9-6-12/h7,10-12,18H,4-6,8-9H2,1-3H3,(H,16,17). The predicted molar refractivity (Wildman–Crippen MR) is 84.8 cm³/mol. The van der Waals surface area contributed by atoms with Gasteiger partial charge in [-0.05, 0) is 44.1 Å². The van der Waals surface area contributed by atoms with Crippen LogP contribution >= 0.6 is 0 Å². The number of sulfonamides is 1. The van der Waals surface area contributed by atoms with E-state index in [-0.39, 0.29) is 10.9 Å². The van der Waals surface area contributed by atoms with Gasteiger partial charge in [0, 0.05) is 24.8 Å². The normalized spacial score (nSPS) is 19.4. The second-order valence-corrected chi connectivity index (χ2v) is 8.18. The second-order valence-electron chi connectivity index (χ2n) is 6.47. The minimum atomic E-state index is -3.47. The number of pyridine rings is 1. The van der Waals surface area contributed by atoms with E-state index < -0.39 is 10.0 Å². The van der Waals surface area contributed by atoms with Crippen molar-refractivity contribution in [1.82, 2.24) is 9.71 Å². The highest BCUT2D eigenvalue weighted by Gasteiger charge is 2.29. The quantitative estimate of drug-likeness (QED) is 0.877. The fraction of sp³-hybridized carbons (Fsp3) is 0.667. The number of hydrogen-bond acceptors (Lipinski definition) is 4. The van der Waals surface area contributed by atoms with Crippen molar-refractivity contribution in [2.75, 3.05) is 11.9 Å². The average Bonchev–Trinajstić information content (AvgIpc) is 2.42. The molecule has 1 fully saturated rings. The lowest BCUT2D eigenvalue weighted by Crippen LogP contribution is -2.39. The minimum absolute atomic E-state index is 0.0405. The van der Waals surface area contributed by atoms with Crippen LogP contribution in [0.3, 0.4) is 0 Å². The molecule has 1 aliphatic rings. The lowest BCUT2D eigenvalue weighted by molar-refractivity contribution is 0.218. The lowest BCUT2D eigenvalue weighted by Gasteiger charge is -2.34. The molecule has 6 heteroatoms. The Kier molecular flexibility index (Phi) is 4.88. The van der Waals surface area contributed by atoms with Crippen molar-refractivity contribution in [3.63, 3.8) is 0 Å². The summed E-state index contributed by atoms with van der Waals surface area (Å²) >= 11 is 0. The van der Waals surface area contributed by atoms with Crippen LogP contribution in [0.5, 0.6) is 0 Å². The van der Waals surface area contributed by atoms with Gasteiger partial charge in [-0.25, -0.2) is 18.1 Å². The average molecular weight is 311 g/mol. The van der Waals surface area contributed by atoms with Crippen molar-refractivity contribution >= 4 is 15.8 Å². The van der Waals surface area contributed by atoms with Gasteiger partial charge in [0.25, 0.3) is 0 Å². The highest BCUT2D eigenvalue weighted by molar-refractivity contribution is 7.89. The van der Waals surface area contributed by atoms with Crippen LogP contribution in [0.15, 0.2) is 23.2 Å². The molecule has 1 aromatic rings. The van der Waals surface area contributed by atoms with E-state index in [4.69, 9.17) is 0 Å². The van der Waals surface area contributed by atoms with Gasteiger partial charge in [0.2, 0.25) is 10.0 Å². The number of aromatic nitrogens is 1. The zero-order valence-corrected chi connectivity index (χ0v) is 13.8. The van der Waals surface area contributed by atoms with Gasteiger partial charge in [-0.15, -0.1) is 0 Å². The Morgan fingerprint density at radius 2 is 2.00 bits per heavy atom. The first-order chi connectivity index (χ1) is 9.82. The van der Waals surface area contributed by atoms with Crippen molar-refractivity contribution < 1.29 is 8.42 Å². The molecule has 0 unspecified atom stereocenters. The summed E-state index contributed by atoms with van der Waals surface area (Å²) in [6.45, 7) is 7.14. The van der Waals surface area contributed by atoms with Gasteiger partial charge < -0.3 is 5.32 Å². The Hall–Kier alpha value is -1.14.